The molecule has 9 heteroatoms. The number of phenols is 1. The van der Waals surface area contributed by atoms with E-state index in [1.54, 1.807) is 28.4 Å². The van der Waals surface area contributed by atoms with Crippen molar-refractivity contribution in [1.82, 2.24) is 9.80 Å². The van der Waals surface area contributed by atoms with Crippen molar-refractivity contribution in [2.75, 3.05) is 49.1 Å². The molecule has 1 aromatic carbocycles. The highest BCUT2D eigenvalue weighted by Gasteiger charge is 2.35. The Labute approximate surface area is 181 Å². The molecule has 0 spiro atoms. The van der Waals surface area contributed by atoms with E-state index in [4.69, 9.17) is 0 Å². The highest BCUT2D eigenvalue weighted by molar-refractivity contribution is 7.91. The standard InChI is InChI=1S/C21H27N3O4S2/c25-20-6-2-1-5-19(20)23-10-8-22(9-11-23)15-21(26)24(14-18-4-3-12-29-18)17-7-13-30(27,28)16-17/h1-6,12,17,25H,7-11,13-16H2/t17-/m1/s1. The number of anilines is 1. The van der Waals surface area contributed by atoms with Crippen molar-refractivity contribution in [2.45, 2.75) is 19.0 Å². The Hall–Kier alpha value is -2.10. The zero-order valence-corrected chi connectivity index (χ0v) is 18.4. The number of phenolic OH excluding ortho intramolecular Hbond substituents is 1. The molecule has 2 fully saturated rings. The van der Waals surface area contributed by atoms with Crippen LogP contribution < -0.4 is 4.90 Å². The van der Waals surface area contributed by atoms with Crippen molar-refractivity contribution in [3.63, 3.8) is 0 Å². The molecule has 1 aromatic heterocycles. The second-order valence-electron chi connectivity index (χ2n) is 7.91. The summed E-state index contributed by atoms with van der Waals surface area (Å²) < 4.78 is 24.0. The van der Waals surface area contributed by atoms with E-state index >= 15 is 0 Å². The number of carbonyl (C=O) groups is 1. The molecule has 3 heterocycles. The number of para-hydroxylation sites is 2. The lowest BCUT2D eigenvalue weighted by Crippen LogP contribution is -2.51. The fourth-order valence-electron chi connectivity index (χ4n) is 4.17. The molecular formula is C21H27N3O4S2. The number of rotatable bonds is 6. The van der Waals surface area contributed by atoms with Crippen LogP contribution in [0.2, 0.25) is 0 Å². The molecule has 162 valence electrons. The van der Waals surface area contributed by atoms with Gasteiger partial charge in [-0.25, -0.2) is 8.42 Å². The summed E-state index contributed by atoms with van der Waals surface area (Å²) in [5.74, 6) is 0.476. The Balaban J connectivity index is 1.38. The molecule has 1 amide bonds. The molecule has 4 rings (SSSR count). The van der Waals surface area contributed by atoms with E-state index in [1.807, 2.05) is 29.6 Å². The summed E-state index contributed by atoms with van der Waals surface area (Å²) in [7, 11) is -3.06. The molecule has 2 saturated heterocycles. The molecule has 30 heavy (non-hydrogen) atoms. The number of aromatic hydroxyl groups is 1. The maximum Gasteiger partial charge on any atom is 0.237 e. The molecule has 1 N–H and O–H groups in total. The Morgan fingerprint density at radius 3 is 2.53 bits per heavy atom. The summed E-state index contributed by atoms with van der Waals surface area (Å²) in [6, 6.07) is 11.0. The van der Waals surface area contributed by atoms with Crippen LogP contribution in [-0.4, -0.2) is 79.5 Å². The van der Waals surface area contributed by atoms with E-state index in [2.05, 4.69) is 9.80 Å². The van der Waals surface area contributed by atoms with Gasteiger partial charge in [0.15, 0.2) is 9.84 Å². The predicted molar refractivity (Wildman–Crippen MR) is 119 cm³/mol. The van der Waals surface area contributed by atoms with Crippen molar-refractivity contribution in [3.8, 4) is 5.75 Å². The third-order valence-electron chi connectivity index (χ3n) is 5.83. The summed E-state index contributed by atoms with van der Waals surface area (Å²) in [5, 5.41) is 12.0. The van der Waals surface area contributed by atoms with Crippen LogP contribution in [0.5, 0.6) is 5.75 Å². The lowest BCUT2D eigenvalue weighted by molar-refractivity contribution is -0.135. The molecule has 0 radical (unpaired) electrons. The van der Waals surface area contributed by atoms with Crippen LogP contribution in [0.3, 0.4) is 0 Å². The molecule has 0 bridgehead atoms. The van der Waals surface area contributed by atoms with E-state index < -0.39 is 9.84 Å². The Bertz CT molecular complexity index is 970. The van der Waals surface area contributed by atoms with Crippen molar-refractivity contribution >= 4 is 32.8 Å². The van der Waals surface area contributed by atoms with Gasteiger partial charge in [-0.2, -0.15) is 0 Å². The first-order chi connectivity index (χ1) is 14.4. The van der Waals surface area contributed by atoms with Gasteiger partial charge < -0.3 is 14.9 Å². The summed E-state index contributed by atoms with van der Waals surface area (Å²) in [5.41, 5.74) is 0.818. The van der Waals surface area contributed by atoms with Crippen molar-refractivity contribution in [1.29, 1.82) is 0 Å². The highest BCUT2D eigenvalue weighted by atomic mass is 32.2. The highest BCUT2D eigenvalue weighted by Crippen LogP contribution is 2.27. The number of hydrogen-bond donors (Lipinski definition) is 1. The van der Waals surface area contributed by atoms with Gasteiger partial charge in [0.05, 0.1) is 30.3 Å². The largest absolute Gasteiger partial charge is 0.506 e. The molecule has 0 saturated carbocycles. The van der Waals surface area contributed by atoms with Gasteiger partial charge >= 0.3 is 0 Å². The number of nitrogens with zero attached hydrogens (tertiary/aromatic N) is 3. The van der Waals surface area contributed by atoms with E-state index in [1.165, 1.54) is 0 Å². The third-order valence-corrected chi connectivity index (χ3v) is 8.44. The van der Waals surface area contributed by atoms with Gasteiger partial charge in [0, 0.05) is 37.1 Å². The summed E-state index contributed by atoms with van der Waals surface area (Å²) >= 11 is 1.59. The van der Waals surface area contributed by atoms with Crippen LogP contribution in [-0.2, 0) is 21.2 Å². The SMILES string of the molecule is O=C(CN1CCN(c2ccccc2O)CC1)N(Cc1cccs1)[C@@H]1CCS(=O)(=O)C1. The average molecular weight is 450 g/mol. The average Bonchev–Trinajstić information content (AvgIpc) is 3.36. The normalized spacial score (nSPS) is 21.6. The third kappa shape index (κ3) is 4.96. The van der Waals surface area contributed by atoms with Gasteiger partial charge in [0.1, 0.15) is 5.75 Å². The number of benzene rings is 1. The minimum atomic E-state index is -3.06. The number of sulfone groups is 1. The zero-order valence-electron chi connectivity index (χ0n) is 16.8. The quantitative estimate of drug-likeness (QED) is 0.724. The number of carbonyl (C=O) groups excluding carboxylic acids is 1. The van der Waals surface area contributed by atoms with Crippen molar-refractivity contribution in [3.05, 3.63) is 46.7 Å². The summed E-state index contributed by atoms with van der Waals surface area (Å²) in [4.78, 5) is 20.3. The summed E-state index contributed by atoms with van der Waals surface area (Å²) in [6.07, 6.45) is 0.514. The minimum absolute atomic E-state index is 0.0125. The maximum atomic E-state index is 13.2. The van der Waals surface area contributed by atoms with E-state index in [-0.39, 0.29) is 35.7 Å². The van der Waals surface area contributed by atoms with Gasteiger partial charge in [0.2, 0.25) is 5.91 Å². The molecule has 7 nitrogen and oxygen atoms in total. The first-order valence-corrected chi connectivity index (χ1v) is 12.9. The van der Waals surface area contributed by atoms with Crippen LogP contribution >= 0.6 is 11.3 Å². The molecule has 2 aliphatic heterocycles. The topological polar surface area (TPSA) is 81.2 Å². The van der Waals surface area contributed by atoms with E-state index in [0.29, 0.717) is 13.0 Å². The number of piperazine rings is 1. The van der Waals surface area contributed by atoms with Gasteiger partial charge in [0.25, 0.3) is 0 Å². The second-order valence-corrected chi connectivity index (χ2v) is 11.2. The van der Waals surface area contributed by atoms with Crippen molar-refractivity contribution < 1.29 is 18.3 Å². The fourth-order valence-corrected chi connectivity index (χ4v) is 6.61. The van der Waals surface area contributed by atoms with Crippen molar-refractivity contribution in [2.24, 2.45) is 0 Å². The van der Waals surface area contributed by atoms with Crippen LogP contribution in [0.15, 0.2) is 41.8 Å². The predicted octanol–water partition coefficient (Wildman–Crippen LogP) is 1.79. The Kier molecular flexibility index (Phi) is 6.31. The smallest absolute Gasteiger partial charge is 0.237 e. The molecule has 2 aromatic rings. The zero-order chi connectivity index (χ0) is 21.1. The lowest BCUT2D eigenvalue weighted by Gasteiger charge is -2.37. The number of thiophene rings is 1. The lowest BCUT2D eigenvalue weighted by atomic mass is 10.2. The monoisotopic (exact) mass is 449 g/mol. The van der Waals surface area contributed by atoms with Crippen LogP contribution in [0.1, 0.15) is 11.3 Å². The maximum absolute atomic E-state index is 13.2. The van der Waals surface area contributed by atoms with Crippen LogP contribution in [0.4, 0.5) is 5.69 Å². The second kappa shape index (κ2) is 8.95. The molecular weight excluding hydrogens is 422 g/mol. The molecule has 0 unspecified atom stereocenters. The number of amides is 1. The molecule has 1 atom stereocenters. The first kappa shape index (κ1) is 21.1. The summed E-state index contributed by atoms with van der Waals surface area (Å²) in [6.45, 7) is 3.65. The Morgan fingerprint density at radius 1 is 1.13 bits per heavy atom. The number of hydrogen-bond acceptors (Lipinski definition) is 7. The van der Waals surface area contributed by atoms with Crippen LogP contribution in [0, 0.1) is 0 Å². The Morgan fingerprint density at radius 2 is 1.90 bits per heavy atom. The minimum Gasteiger partial charge on any atom is -0.506 e. The van der Waals surface area contributed by atoms with Gasteiger partial charge in [-0.3, -0.25) is 9.69 Å². The first-order valence-electron chi connectivity index (χ1n) is 10.2. The molecule has 0 aliphatic carbocycles. The molecule has 2 aliphatic rings. The van der Waals surface area contributed by atoms with E-state index in [0.717, 1.165) is 36.7 Å². The fraction of sp³-hybridized carbons (Fsp3) is 0.476. The van der Waals surface area contributed by atoms with Gasteiger partial charge in [-0.1, -0.05) is 18.2 Å². The van der Waals surface area contributed by atoms with Gasteiger partial charge in [-0.05, 0) is 30.0 Å². The van der Waals surface area contributed by atoms with Gasteiger partial charge in [-0.15, -0.1) is 11.3 Å². The van der Waals surface area contributed by atoms with E-state index in [9.17, 15) is 18.3 Å². The van der Waals surface area contributed by atoms with Crippen LogP contribution in [0.25, 0.3) is 0 Å².